The van der Waals surface area contributed by atoms with Crippen molar-refractivity contribution in [1.29, 1.82) is 0 Å². The molecule has 0 aliphatic heterocycles. The Morgan fingerprint density at radius 3 is 2.90 bits per heavy atom. The highest BCUT2D eigenvalue weighted by Gasteiger charge is 2.07. The number of halogens is 1. The van der Waals surface area contributed by atoms with Crippen LogP contribution in [0.4, 0.5) is 0 Å². The number of imidazole rings is 1. The summed E-state index contributed by atoms with van der Waals surface area (Å²) in [6.07, 6.45) is 7.21. The van der Waals surface area contributed by atoms with E-state index in [0.717, 1.165) is 21.4 Å². The topological polar surface area (TPSA) is 50.9 Å². The van der Waals surface area contributed by atoms with Crippen LogP contribution in [0.2, 0.25) is 0 Å². The molecule has 0 unspecified atom stereocenters. The van der Waals surface area contributed by atoms with Gasteiger partial charge in [0.05, 0.1) is 0 Å². The van der Waals surface area contributed by atoms with Crippen LogP contribution in [-0.4, -0.2) is 19.6 Å². The first-order chi connectivity index (χ1) is 9.72. The second-order valence-corrected chi connectivity index (χ2v) is 5.36. The van der Waals surface area contributed by atoms with Crippen LogP contribution in [0.3, 0.4) is 0 Å². The summed E-state index contributed by atoms with van der Waals surface area (Å²) in [6, 6.07) is 9.21. The van der Waals surface area contributed by atoms with Gasteiger partial charge in [-0.3, -0.25) is 4.98 Å². The third kappa shape index (κ3) is 2.72. The molecule has 5 heteroatoms. The van der Waals surface area contributed by atoms with Crippen LogP contribution in [0.5, 0.6) is 5.75 Å². The van der Waals surface area contributed by atoms with Gasteiger partial charge >= 0.3 is 0 Å². The van der Waals surface area contributed by atoms with E-state index in [4.69, 9.17) is 0 Å². The van der Waals surface area contributed by atoms with Crippen molar-refractivity contribution in [2.24, 2.45) is 0 Å². The van der Waals surface area contributed by atoms with E-state index in [-0.39, 0.29) is 5.75 Å². The zero-order chi connectivity index (χ0) is 13.9. The molecule has 20 heavy (non-hydrogen) atoms. The number of pyridine rings is 1. The van der Waals surface area contributed by atoms with Crippen LogP contribution in [0.1, 0.15) is 5.56 Å². The average Bonchev–Trinajstić information content (AvgIpc) is 2.87. The Labute approximate surface area is 124 Å². The van der Waals surface area contributed by atoms with Crippen molar-refractivity contribution in [2.75, 3.05) is 0 Å². The van der Waals surface area contributed by atoms with Crippen LogP contribution in [0, 0.1) is 0 Å². The summed E-state index contributed by atoms with van der Waals surface area (Å²) in [5.74, 6) is 1.12. The summed E-state index contributed by atoms with van der Waals surface area (Å²) in [7, 11) is 0. The number of phenols is 1. The normalized spacial score (nSPS) is 10.7. The maximum absolute atomic E-state index is 9.52. The van der Waals surface area contributed by atoms with Gasteiger partial charge in [0.1, 0.15) is 11.6 Å². The predicted molar refractivity (Wildman–Crippen MR) is 80.4 cm³/mol. The zero-order valence-electron chi connectivity index (χ0n) is 10.6. The number of benzene rings is 1. The van der Waals surface area contributed by atoms with Crippen molar-refractivity contribution in [3.63, 3.8) is 0 Å². The number of phenolic OH excluding ortho intramolecular Hbond substituents is 1. The molecule has 0 saturated carbocycles. The molecular formula is C15H12BrN3O. The monoisotopic (exact) mass is 329 g/mol. The smallest absolute Gasteiger partial charge is 0.141 e. The number of rotatable bonds is 3. The van der Waals surface area contributed by atoms with Crippen molar-refractivity contribution in [2.45, 2.75) is 6.54 Å². The molecule has 0 aliphatic carbocycles. The summed E-state index contributed by atoms with van der Waals surface area (Å²) >= 11 is 3.42. The predicted octanol–water partition coefficient (Wildman–Crippen LogP) is 3.46. The molecule has 1 N–H and O–H groups in total. The van der Waals surface area contributed by atoms with E-state index >= 15 is 0 Å². The lowest BCUT2D eigenvalue weighted by atomic mass is 10.2. The number of aromatic hydroxyl groups is 1. The summed E-state index contributed by atoms with van der Waals surface area (Å²) in [5, 5.41) is 9.52. The van der Waals surface area contributed by atoms with Crippen LogP contribution in [0.25, 0.3) is 11.4 Å². The first-order valence-corrected chi connectivity index (χ1v) is 6.91. The largest absolute Gasteiger partial charge is 0.508 e. The molecule has 0 atom stereocenters. The summed E-state index contributed by atoms with van der Waals surface area (Å²) in [4.78, 5) is 8.55. The minimum Gasteiger partial charge on any atom is -0.508 e. The summed E-state index contributed by atoms with van der Waals surface area (Å²) in [6.45, 7) is 0.649. The maximum atomic E-state index is 9.52. The Morgan fingerprint density at radius 1 is 1.20 bits per heavy atom. The molecule has 0 spiro atoms. The van der Waals surface area contributed by atoms with Crippen LogP contribution < -0.4 is 0 Å². The first kappa shape index (κ1) is 12.9. The lowest BCUT2D eigenvalue weighted by Crippen LogP contribution is -2.01. The van der Waals surface area contributed by atoms with Gasteiger partial charge in [-0.2, -0.15) is 0 Å². The molecule has 3 rings (SSSR count). The number of hydrogen-bond donors (Lipinski definition) is 1. The van der Waals surface area contributed by atoms with Gasteiger partial charge in [-0.25, -0.2) is 4.98 Å². The number of aromatic nitrogens is 3. The van der Waals surface area contributed by atoms with Gasteiger partial charge in [0.2, 0.25) is 0 Å². The molecular weight excluding hydrogens is 318 g/mol. The fourth-order valence-corrected chi connectivity index (χ4v) is 2.45. The second-order valence-electron chi connectivity index (χ2n) is 4.44. The van der Waals surface area contributed by atoms with Crippen molar-refractivity contribution in [3.8, 4) is 17.1 Å². The highest BCUT2D eigenvalue weighted by atomic mass is 79.9. The third-order valence-corrected chi connectivity index (χ3v) is 3.38. The minimum absolute atomic E-state index is 0.272. The van der Waals surface area contributed by atoms with E-state index in [1.54, 1.807) is 30.7 Å². The number of hydrogen-bond acceptors (Lipinski definition) is 3. The SMILES string of the molecule is Oc1cccc(Cn2ccnc2-c2cncc(Br)c2)c1. The quantitative estimate of drug-likeness (QED) is 0.800. The molecule has 2 aromatic heterocycles. The van der Waals surface area contributed by atoms with E-state index in [0.29, 0.717) is 6.54 Å². The molecule has 2 heterocycles. The minimum atomic E-state index is 0.272. The second kappa shape index (κ2) is 5.46. The highest BCUT2D eigenvalue weighted by molar-refractivity contribution is 9.10. The Hall–Kier alpha value is -2.14. The van der Waals surface area contributed by atoms with Gasteiger partial charge in [0.25, 0.3) is 0 Å². The van der Waals surface area contributed by atoms with Crippen LogP contribution in [0.15, 0.2) is 59.6 Å². The molecule has 3 aromatic rings. The molecule has 100 valence electrons. The maximum Gasteiger partial charge on any atom is 0.141 e. The van der Waals surface area contributed by atoms with Crippen LogP contribution >= 0.6 is 15.9 Å². The zero-order valence-corrected chi connectivity index (χ0v) is 12.2. The molecule has 0 radical (unpaired) electrons. The van der Waals surface area contributed by atoms with E-state index in [2.05, 4.69) is 25.9 Å². The van der Waals surface area contributed by atoms with Gasteiger partial charge < -0.3 is 9.67 Å². The lowest BCUT2D eigenvalue weighted by Gasteiger charge is -2.08. The summed E-state index contributed by atoms with van der Waals surface area (Å²) in [5.41, 5.74) is 1.97. The molecule has 1 aromatic carbocycles. The van der Waals surface area contributed by atoms with Gasteiger partial charge in [0, 0.05) is 41.4 Å². The van der Waals surface area contributed by atoms with Crippen molar-refractivity contribution >= 4 is 15.9 Å². The number of nitrogens with zero attached hydrogens (tertiary/aromatic N) is 3. The average molecular weight is 330 g/mol. The van der Waals surface area contributed by atoms with E-state index < -0.39 is 0 Å². The standard InChI is InChI=1S/C15H12BrN3O/c16-13-7-12(8-17-9-13)15-18-4-5-19(15)10-11-2-1-3-14(20)6-11/h1-9,20H,10H2. The lowest BCUT2D eigenvalue weighted by molar-refractivity contribution is 0.474. The third-order valence-electron chi connectivity index (χ3n) is 2.94. The van der Waals surface area contributed by atoms with Gasteiger partial charge in [-0.1, -0.05) is 12.1 Å². The van der Waals surface area contributed by atoms with E-state index in [1.165, 1.54) is 0 Å². The fraction of sp³-hybridized carbons (Fsp3) is 0.0667. The fourth-order valence-electron chi connectivity index (χ4n) is 2.08. The molecule has 0 amide bonds. The Morgan fingerprint density at radius 2 is 2.10 bits per heavy atom. The molecule has 4 nitrogen and oxygen atoms in total. The van der Waals surface area contributed by atoms with Gasteiger partial charge in [0.15, 0.2) is 0 Å². The Bertz CT molecular complexity index is 739. The van der Waals surface area contributed by atoms with Crippen molar-refractivity contribution < 1.29 is 5.11 Å². The molecule has 0 bridgehead atoms. The Balaban J connectivity index is 1.94. The Kier molecular flexibility index (Phi) is 3.52. The van der Waals surface area contributed by atoms with Gasteiger partial charge in [-0.15, -0.1) is 0 Å². The van der Waals surface area contributed by atoms with E-state index in [1.807, 2.05) is 29.0 Å². The summed E-state index contributed by atoms with van der Waals surface area (Å²) < 4.78 is 2.94. The van der Waals surface area contributed by atoms with Gasteiger partial charge in [-0.05, 0) is 39.7 Å². The van der Waals surface area contributed by atoms with Crippen molar-refractivity contribution in [3.05, 3.63) is 65.2 Å². The highest BCUT2D eigenvalue weighted by Crippen LogP contribution is 2.21. The molecule has 0 aliphatic rings. The van der Waals surface area contributed by atoms with E-state index in [9.17, 15) is 5.11 Å². The van der Waals surface area contributed by atoms with Crippen molar-refractivity contribution in [1.82, 2.24) is 14.5 Å². The molecule has 0 saturated heterocycles. The molecule has 0 fully saturated rings. The van der Waals surface area contributed by atoms with Crippen LogP contribution in [-0.2, 0) is 6.54 Å². The first-order valence-electron chi connectivity index (χ1n) is 6.12.